The Kier molecular flexibility index (Phi) is 8.63. The van der Waals surface area contributed by atoms with Crippen LogP contribution < -0.4 is 15.4 Å². The third-order valence-electron chi connectivity index (χ3n) is 10.0. The molecule has 4 aliphatic rings. The molecule has 2 fully saturated rings. The molecule has 1 aromatic carbocycles. The second-order valence-corrected chi connectivity index (χ2v) is 13.8. The molecule has 0 unspecified atom stereocenters. The van der Waals surface area contributed by atoms with E-state index >= 15 is 4.39 Å². The lowest BCUT2D eigenvalue weighted by Gasteiger charge is -2.33. The van der Waals surface area contributed by atoms with E-state index in [1.54, 1.807) is 23.7 Å². The number of fused-ring (bicyclic) bond motifs is 3. The van der Waals surface area contributed by atoms with Gasteiger partial charge in [0.15, 0.2) is 5.82 Å². The number of rotatable bonds is 6. The number of alkyl halides is 4. The molecule has 49 heavy (non-hydrogen) atoms. The van der Waals surface area contributed by atoms with Gasteiger partial charge in [-0.1, -0.05) is 11.6 Å². The van der Waals surface area contributed by atoms with Gasteiger partial charge in [0.1, 0.15) is 30.1 Å². The minimum Gasteiger partial charge on any atom is -0.461 e. The fraction of sp³-hybridized carbons (Fsp3) is 0.562. The van der Waals surface area contributed by atoms with E-state index in [2.05, 4.69) is 15.0 Å². The Labute approximate surface area is 284 Å². The highest BCUT2D eigenvalue weighted by Gasteiger charge is 2.49. The van der Waals surface area contributed by atoms with Gasteiger partial charge in [-0.3, -0.25) is 15.0 Å². The SMILES string of the molecule is CN(C)C(=N)c1nn2c(c1Cl)CN(c1nc(OC[C@@]34CCCN3C[C@H](F)C4)nc3c1CO[C@H](c1c(C(F)(F)F)ccc(N)c1F)C3)CCC2. The largest absolute Gasteiger partial charge is 0.461 e. The van der Waals surface area contributed by atoms with Gasteiger partial charge in [-0.05, 0) is 37.9 Å². The van der Waals surface area contributed by atoms with Gasteiger partial charge < -0.3 is 25.0 Å². The number of hydrogen-bond acceptors (Lipinski definition) is 9. The Morgan fingerprint density at radius 2 is 2.00 bits per heavy atom. The van der Waals surface area contributed by atoms with Crippen molar-refractivity contribution in [3.05, 3.63) is 56.7 Å². The van der Waals surface area contributed by atoms with Crippen LogP contribution in [-0.2, 0) is 37.0 Å². The van der Waals surface area contributed by atoms with Crippen LogP contribution in [0.3, 0.4) is 0 Å². The van der Waals surface area contributed by atoms with Crippen molar-refractivity contribution in [2.24, 2.45) is 0 Å². The van der Waals surface area contributed by atoms with E-state index in [4.69, 9.17) is 37.2 Å². The van der Waals surface area contributed by atoms with Gasteiger partial charge in [0.2, 0.25) is 0 Å². The summed E-state index contributed by atoms with van der Waals surface area (Å²) in [7, 11) is 3.46. The zero-order valence-electron chi connectivity index (χ0n) is 27.1. The molecule has 0 saturated carbocycles. The number of nitrogens with one attached hydrogen (secondary N) is 1. The minimum absolute atomic E-state index is 0.0130. The number of nitrogens with zero attached hydrogens (tertiary/aromatic N) is 7. The first-order chi connectivity index (χ1) is 23.3. The van der Waals surface area contributed by atoms with E-state index in [-0.39, 0.29) is 38.0 Å². The van der Waals surface area contributed by atoms with E-state index < -0.39 is 46.6 Å². The second kappa shape index (κ2) is 12.5. The van der Waals surface area contributed by atoms with E-state index in [1.165, 1.54) is 0 Å². The number of ether oxygens (including phenoxy) is 2. The number of amidine groups is 1. The zero-order chi connectivity index (χ0) is 34.8. The standard InChI is InChI=1S/C32H37ClF5N9O2/c1-44(2)28(40)27-25(33)22-14-45(8-4-10-47(22)43-27)29-18-15-48-23(24-19(32(36,37)38)5-6-20(39)26(24)35)11-21(18)41-30(42-29)49-16-31-7-3-9-46(31)13-17(34)12-31/h5-6,17,23,40H,3-4,7-16,39H2,1-2H3/t17-,23+,31+/m1/s1. The first-order valence-corrected chi connectivity index (χ1v) is 16.6. The average Bonchev–Trinajstić information content (AvgIpc) is 3.62. The molecule has 7 rings (SSSR count). The van der Waals surface area contributed by atoms with Crippen molar-refractivity contribution >= 4 is 28.9 Å². The van der Waals surface area contributed by atoms with Crippen molar-refractivity contribution < 1.29 is 31.4 Å². The molecule has 6 heterocycles. The first kappa shape index (κ1) is 33.7. The van der Waals surface area contributed by atoms with Gasteiger partial charge in [0, 0.05) is 57.7 Å². The third kappa shape index (κ3) is 6.05. The first-order valence-electron chi connectivity index (χ1n) is 16.2. The Balaban J connectivity index is 1.27. The monoisotopic (exact) mass is 709 g/mol. The van der Waals surface area contributed by atoms with Crippen LogP contribution in [-0.4, -0.2) is 87.4 Å². The number of nitrogens with two attached hydrogens (primary N) is 1. The highest BCUT2D eigenvalue weighted by molar-refractivity contribution is 6.34. The molecular formula is C32H37ClF5N9O2. The third-order valence-corrected chi connectivity index (χ3v) is 10.4. The van der Waals surface area contributed by atoms with Crippen molar-refractivity contribution in [3.63, 3.8) is 0 Å². The molecule has 3 N–H and O–H groups in total. The maximum Gasteiger partial charge on any atom is 0.416 e. The molecule has 4 aliphatic heterocycles. The van der Waals surface area contributed by atoms with Crippen LogP contribution >= 0.6 is 11.6 Å². The molecule has 0 amide bonds. The molecular weight excluding hydrogens is 673 g/mol. The smallest absolute Gasteiger partial charge is 0.416 e. The number of hydrogen-bond donors (Lipinski definition) is 2. The summed E-state index contributed by atoms with van der Waals surface area (Å²) in [4.78, 5) is 15.1. The van der Waals surface area contributed by atoms with Crippen molar-refractivity contribution in [1.29, 1.82) is 5.41 Å². The predicted octanol–water partition coefficient (Wildman–Crippen LogP) is 5.13. The fourth-order valence-electron chi connectivity index (χ4n) is 7.59. The number of halogens is 6. The minimum atomic E-state index is -4.85. The van der Waals surface area contributed by atoms with E-state index in [9.17, 15) is 17.6 Å². The van der Waals surface area contributed by atoms with Crippen LogP contribution in [0.2, 0.25) is 5.02 Å². The summed E-state index contributed by atoms with van der Waals surface area (Å²) in [6.07, 6.45) is -4.73. The van der Waals surface area contributed by atoms with Gasteiger partial charge in [0.25, 0.3) is 0 Å². The Hall–Kier alpha value is -3.76. The summed E-state index contributed by atoms with van der Waals surface area (Å²) in [6, 6.07) is 1.64. The van der Waals surface area contributed by atoms with Gasteiger partial charge in [-0.25, -0.2) is 8.78 Å². The Morgan fingerprint density at radius 1 is 1.20 bits per heavy atom. The number of nitrogen functional groups attached to an aromatic ring is 1. The molecule has 2 aromatic heterocycles. The van der Waals surface area contributed by atoms with Crippen molar-refractivity contribution in [2.45, 2.75) is 75.8 Å². The van der Waals surface area contributed by atoms with Gasteiger partial charge >= 0.3 is 12.2 Å². The summed E-state index contributed by atoms with van der Waals surface area (Å²) in [6.45, 7) is 2.32. The van der Waals surface area contributed by atoms with Crippen molar-refractivity contribution in [1.82, 2.24) is 29.5 Å². The maximum absolute atomic E-state index is 15.3. The number of benzene rings is 1. The van der Waals surface area contributed by atoms with Crippen LogP contribution in [0.1, 0.15) is 65.6 Å². The van der Waals surface area contributed by atoms with Crippen molar-refractivity contribution in [3.8, 4) is 6.01 Å². The lowest BCUT2D eigenvalue weighted by atomic mass is 9.94. The lowest BCUT2D eigenvalue weighted by Crippen LogP contribution is -2.43. The summed E-state index contributed by atoms with van der Waals surface area (Å²) >= 11 is 6.80. The highest BCUT2D eigenvalue weighted by atomic mass is 35.5. The fourth-order valence-corrected chi connectivity index (χ4v) is 7.87. The molecule has 0 radical (unpaired) electrons. The summed E-state index contributed by atoms with van der Waals surface area (Å²) < 4.78 is 86.0. The molecule has 2 saturated heterocycles. The maximum atomic E-state index is 15.3. The van der Waals surface area contributed by atoms with Gasteiger partial charge in [0.05, 0.1) is 52.5 Å². The van der Waals surface area contributed by atoms with Crippen LogP contribution in [0.5, 0.6) is 6.01 Å². The van der Waals surface area contributed by atoms with Crippen LogP contribution in [0, 0.1) is 11.2 Å². The van der Waals surface area contributed by atoms with Gasteiger partial charge in [-0.15, -0.1) is 0 Å². The molecule has 11 nitrogen and oxygen atoms in total. The van der Waals surface area contributed by atoms with Crippen LogP contribution in [0.25, 0.3) is 0 Å². The second-order valence-electron chi connectivity index (χ2n) is 13.4. The summed E-state index contributed by atoms with van der Waals surface area (Å²) in [5.41, 5.74) is 4.84. The van der Waals surface area contributed by atoms with Crippen molar-refractivity contribution in [2.75, 3.05) is 51.0 Å². The quantitative estimate of drug-likeness (QED) is 0.155. The Bertz CT molecular complexity index is 1790. The topological polar surface area (TPSA) is 122 Å². The average molecular weight is 710 g/mol. The summed E-state index contributed by atoms with van der Waals surface area (Å²) in [5, 5.41) is 13.4. The van der Waals surface area contributed by atoms with Gasteiger partial charge in [-0.2, -0.15) is 28.2 Å². The molecule has 0 spiro atoms. The van der Waals surface area contributed by atoms with E-state index in [0.29, 0.717) is 66.0 Å². The Morgan fingerprint density at radius 3 is 2.76 bits per heavy atom. The van der Waals surface area contributed by atoms with E-state index in [0.717, 1.165) is 31.5 Å². The predicted molar refractivity (Wildman–Crippen MR) is 171 cm³/mol. The normalized spacial score (nSPS) is 24.0. The molecule has 17 heteroatoms. The molecule has 0 bridgehead atoms. The number of aromatic nitrogens is 4. The lowest BCUT2D eigenvalue weighted by molar-refractivity contribution is -0.140. The van der Waals surface area contributed by atoms with E-state index in [1.807, 2.05) is 4.90 Å². The number of aryl methyl sites for hydroxylation is 1. The zero-order valence-corrected chi connectivity index (χ0v) is 27.8. The van der Waals surface area contributed by atoms with Crippen LogP contribution in [0.15, 0.2) is 12.1 Å². The highest BCUT2D eigenvalue weighted by Crippen LogP contribution is 2.44. The molecule has 3 aromatic rings. The molecule has 0 aliphatic carbocycles. The summed E-state index contributed by atoms with van der Waals surface area (Å²) in [5.74, 6) is -0.597. The number of anilines is 2. The molecule has 264 valence electrons. The molecule has 3 atom stereocenters. The van der Waals surface area contributed by atoms with Crippen LogP contribution in [0.4, 0.5) is 33.5 Å².